The van der Waals surface area contributed by atoms with Gasteiger partial charge in [0, 0.05) is 11.5 Å². The fraction of sp³-hybridized carbons (Fsp3) is 0.667. The molecule has 0 aliphatic rings. The minimum atomic E-state index is 0.227. The molecule has 2 unspecified atom stereocenters. The second kappa shape index (κ2) is 8.09. The van der Waals surface area contributed by atoms with Gasteiger partial charge in [0.2, 0.25) is 0 Å². The lowest BCUT2D eigenvalue weighted by Crippen LogP contribution is -2.17. The standard InChI is InChI=1S/C18H30OS/c1-7-13-19-14(3)20-16-11-9-15(10-12-16)17(8-2)18(4,5)6/h9-12,14,17H,7-8,13H2,1-6H3. The van der Waals surface area contributed by atoms with Crippen molar-refractivity contribution in [3.8, 4) is 0 Å². The van der Waals surface area contributed by atoms with E-state index in [1.54, 1.807) is 11.8 Å². The molecular weight excluding hydrogens is 264 g/mol. The van der Waals surface area contributed by atoms with E-state index >= 15 is 0 Å². The lowest BCUT2D eigenvalue weighted by molar-refractivity contribution is 0.124. The van der Waals surface area contributed by atoms with Gasteiger partial charge in [-0.2, -0.15) is 0 Å². The number of hydrogen-bond donors (Lipinski definition) is 0. The molecule has 0 saturated carbocycles. The summed E-state index contributed by atoms with van der Waals surface area (Å²) >= 11 is 1.80. The molecule has 0 aliphatic heterocycles. The van der Waals surface area contributed by atoms with Crippen molar-refractivity contribution in [2.45, 2.75) is 70.6 Å². The molecule has 20 heavy (non-hydrogen) atoms. The molecule has 1 nitrogen and oxygen atoms in total. The van der Waals surface area contributed by atoms with Crippen LogP contribution < -0.4 is 0 Å². The van der Waals surface area contributed by atoms with Gasteiger partial charge in [0.05, 0.1) is 0 Å². The van der Waals surface area contributed by atoms with Crippen molar-refractivity contribution < 1.29 is 4.74 Å². The van der Waals surface area contributed by atoms with E-state index in [1.165, 1.54) is 16.9 Å². The molecule has 1 aromatic rings. The van der Waals surface area contributed by atoms with Gasteiger partial charge in [-0.15, -0.1) is 0 Å². The normalized spacial score (nSPS) is 15.1. The molecular formula is C18H30OS. The zero-order valence-electron chi connectivity index (χ0n) is 13.9. The minimum absolute atomic E-state index is 0.227. The van der Waals surface area contributed by atoms with Crippen LogP contribution in [0.25, 0.3) is 0 Å². The maximum absolute atomic E-state index is 5.71. The summed E-state index contributed by atoms with van der Waals surface area (Å²) < 4.78 is 5.71. The second-order valence-electron chi connectivity index (χ2n) is 6.45. The first-order valence-corrected chi connectivity index (χ1v) is 8.64. The number of thioether (sulfide) groups is 1. The molecule has 2 heteroatoms. The number of hydrogen-bond acceptors (Lipinski definition) is 2. The van der Waals surface area contributed by atoms with E-state index in [9.17, 15) is 0 Å². The Morgan fingerprint density at radius 1 is 1.10 bits per heavy atom. The predicted molar refractivity (Wildman–Crippen MR) is 90.5 cm³/mol. The highest BCUT2D eigenvalue weighted by atomic mass is 32.2. The third kappa shape index (κ3) is 5.49. The Kier molecular flexibility index (Phi) is 7.11. The van der Waals surface area contributed by atoms with E-state index in [1.807, 2.05) is 0 Å². The van der Waals surface area contributed by atoms with Crippen LogP contribution in [0, 0.1) is 5.41 Å². The van der Waals surface area contributed by atoms with Crippen LogP contribution in [-0.4, -0.2) is 12.0 Å². The van der Waals surface area contributed by atoms with Crippen LogP contribution >= 0.6 is 11.8 Å². The lowest BCUT2D eigenvalue weighted by atomic mass is 9.75. The third-order valence-electron chi connectivity index (χ3n) is 3.59. The van der Waals surface area contributed by atoms with E-state index in [0.29, 0.717) is 11.3 Å². The van der Waals surface area contributed by atoms with Gasteiger partial charge in [0.15, 0.2) is 0 Å². The predicted octanol–water partition coefficient (Wildman–Crippen LogP) is 6.09. The van der Waals surface area contributed by atoms with Gasteiger partial charge >= 0.3 is 0 Å². The van der Waals surface area contributed by atoms with Crippen molar-refractivity contribution in [3.63, 3.8) is 0 Å². The first kappa shape index (κ1) is 17.6. The Morgan fingerprint density at radius 3 is 2.15 bits per heavy atom. The Morgan fingerprint density at radius 2 is 1.70 bits per heavy atom. The zero-order chi connectivity index (χ0) is 15.2. The van der Waals surface area contributed by atoms with Crippen molar-refractivity contribution in [3.05, 3.63) is 29.8 Å². The highest BCUT2D eigenvalue weighted by Crippen LogP contribution is 2.38. The molecule has 0 aromatic heterocycles. The van der Waals surface area contributed by atoms with E-state index in [2.05, 4.69) is 65.8 Å². The molecule has 0 fully saturated rings. The van der Waals surface area contributed by atoms with Crippen molar-refractivity contribution >= 4 is 11.8 Å². The van der Waals surface area contributed by atoms with Gasteiger partial charge in [-0.05, 0) is 48.8 Å². The highest BCUT2D eigenvalue weighted by molar-refractivity contribution is 7.99. The van der Waals surface area contributed by atoms with Gasteiger partial charge in [-0.1, -0.05) is 58.5 Å². The second-order valence-corrected chi connectivity index (χ2v) is 7.82. The summed E-state index contributed by atoms with van der Waals surface area (Å²) in [5.41, 5.74) is 2.00. The molecule has 114 valence electrons. The van der Waals surface area contributed by atoms with Crippen LogP contribution in [-0.2, 0) is 4.74 Å². The van der Waals surface area contributed by atoms with Gasteiger partial charge in [-0.25, -0.2) is 0 Å². The third-order valence-corrected chi connectivity index (χ3v) is 4.61. The quantitative estimate of drug-likeness (QED) is 0.444. The molecule has 0 spiro atoms. The lowest BCUT2D eigenvalue weighted by Gasteiger charge is -2.30. The van der Waals surface area contributed by atoms with E-state index in [0.717, 1.165) is 13.0 Å². The smallest absolute Gasteiger partial charge is 0.104 e. The summed E-state index contributed by atoms with van der Waals surface area (Å²) in [5, 5.41) is 0. The van der Waals surface area contributed by atoms with Gasteiger partial charge < -0.3 is 4.74 Å². The molecule has 2 atom stereocenters. The first-order valence-electron chi connectivity index (χ1n) is 7.76. The van der Waals surface area contributed by atoms with Gasteiger partial charge in [0.25, 0.3) is 0 Å². The topological polar surface area (TPSA) is 9.23 Å². The maximum Gasteiger partial charge on any atom is 0.104 e. The van der Waals surface area contributed by atoms with Crippen LogP contribution in [0.1, 0.15) is 65.9 Å². The van der Waals surface area contributed by atoms with Crippen molar-refractivity contribution in [1.82, 2.24) is 0 Å². The van der Waals surface area contributed by atoms with Crippen LogP contribution in [0.3, 0.4) is 0 Å². The summed E-state index contributed by atoms with van der Waals surface area (Å²) in [6, 6.07) is 9.04. The zero-order valence-corrected chi connectivity index (χ0v) is 14.7. The van der Waals surface area contributed by atoms with Crippen LogP contribution in [0.5, 0.6) is 0 Å². The van der Waals surface area contributed by atoms with E-state index in [4.69, 9.17) is 4.74 Å². The number of benzene rings is 1. The van der Waals surface area contributed by atoms with Crippen molar-refractivity contribution in [2.75, 3.05) is 6.61 Å². The highest BCUT2D eigenvalue weighted by Gasteiger charge is 2.24. The molecule has 0 heterocycles. The summed E-state index contributed by atoms with van der Waals surface area (Å²) in [4.78, 5) is 1.29. The van der Waals surface area contributed by atoms with Gasteiger partial charge in [0.1, 0.15) is 5.44 Å². The first-order chi connectivity index (χ1) is 9.38. The largest absolute Gasteiger partial charge is 0.368 e. The fourth-order valence-corrected chi connectivity index (χ4v) is 3.48. The Hall–Kier alpha value is -0.470. The van der Waals surface area contributed by atoms with Crippen LogP contribution in [0.2, 0.25) is 0 Å². The van der Waals surface area contributed by atoms with E-state index < -0.39 is 0 Å². The molecule has 1 rings (SSSR count). The summed E-state index contributed by atoms with van der Waals surface area (Å²) in [7, 11) is 0. The average molecular weight is 295 g/mol. The van der Waals surface area contributed by atoms with Crippen molar-refractivity contribution in [2.24, 2.45) is 5.41 Å². The number of rotatable bonds is 7. The molecule has 0 aliphatic carbocycles. The summed E-state index contributed by atoms with van der Waals surface area (Å²) in [6.07, 6.45) is 2.26. The molecule has 0 N–H and O–H groups in total. The van der Waals surface area contributed by atoms with Gasteiger partial charge in [-0.3, -0.25) is 0 Å². The molecule has 0 radical (unpaired) electrons. The summed E-state index contributed by atoms with van der Waals surface area (Å²) in [5.74, 6) is 0.621. The fourth-order valence-electron chi connectivity index (χ4n) is 2.64. The van der Waals surface area contributed by atoms with Crippen LogP contribution in [0.15, 0.2) is 29.2 Å². The Bertz CT molecular complexity index is 377. The van der Waals surface area contributed by atoms with E-state index in [-0.39, 0.29) is 5.44 Å². The molecule has 0 amide bonds. The summed E-state index contributed by atoms with van der Waals surface area (Å²) in [6.45, 7) is 14.4. The maximum atomic E-state index is 5.71. The molecule has 0 saturated heterocycles. The molecule has 0 bridgehead atoms. The van der Waals surface area contributed by atoms with Crippen molar-refractivity contribution in [1.29, 1.82) is 0 Å². The number of ether oxygens (including phenoxy) is 1. The van der Waals surface area contributed by atoms with Crippen LogP contribution in [0.4, 0.5) is 0 Å². The SMILES string of the molecule is CCCOC(C)Sc1ccc(C(CC)C(C)(C)C)cc1. The monoisotopic (exact) mass is 294 g/mol. The Balaban J connectivity index is 2.68. The molecule has 1 aromatic carbocycles. The average Bonchev–Trinajstić information content (AvgIpc) is 2.37. The Labute approximate surface area is 129 Å². The minimum Gasteiger partial charge on any atom is -0.368 e.